The molecule has 0 amide bonds. The molecule has 1 atom stereocenters. The van der Waals surface area contributed by atoms with Crippen molar-refractivity contribution in [1.29, 1.82) is 5.41 Å². The number of aliphatic hydroxyl groups is 1. The van der Waals surface area contributed by atoms with Gasteiger partial charge in [0.05, 0.1) is 0 Å². The summed E-state index contributed by atoms with van der Waals surface area (Å²) in [4.78, 5) is 0. The Morgan fingerprint density at radius 3 is 2.69 bits per heavy atom. The molecule has 4 heteroatoms. The Morgan fingerprint density at radius 1 is 1.44 bits per heavy atom. The lowest BCUT2D eigenvalue weighted by atomic mass is 9.77. The molecule has 1 aromatic carbocycles. The molecular weight excluding hydrogens is 201 g/mol. The van der Waals surface area contributed by atoms with Crippen molar-refractivity contribution in [2.75, 3.05) is 6.61 Å². The second-order valence-corrected chi connectivity index (χ2v) is 4.02. The maximum absolute atomic E-state index is 9.12. The maximum Gasteiger partial charge on any atom is 0.346 e. The smallest absolute Gasteiger partial charge is 0.346 e. The Hall–Kier alpha value is -1.29. The second-order valence-electron chi connectivity index (χ2n) is 4.02. The monoisotopic (exact) mass is 219 g/mol. The number of aliphatic hydroxyl groups excluding tert-OH is 1. The number of rotatable bonds is 7. The first-order chi connectivity index (χ1) is 7.76. The minimum atomic E-state index is 0.111. The summed E-state index contributed by atoms with van der Waals surface area (Å²) < 4.78 is 4.88. The van der Waals surface area contributed by atoms with E-state index in [0.29, 0.717) is 7.48 Å². The SMILES string of the molecule is Cc1ccc(CC[C@@H](BOC=N)CO)cc1. The van der Waals surface area contributed by atoms with E-state index in [-0.39, 0.29) is 12.4 Å². The summed E-state index contributed by atoms with van der Waals surface area (Å²) in [6.45, 7) is 2.18. The van der Waals surface area contributed by atoms with Crippen LogP contribution in [-0.4, -0.2) is 25.6 Å². The van der Waals surface area contributed by atoms with Crippen LogP contribution in [0.25, 0.3) is 0 Å². The standard InChI is InChI=1S/C12H18BNO2/c1-10-2-4-11(5-3-10)6-7-12(8-15)13-16-9-14/h2-5,9,12-15H,6-8H2,1H3/t12-/m1/s1. The molecule has 0 heterocycles. The molecule has 0 aliphatic carbocycles. The van der Waals surface area contributed by atoms with Crippen LogP contribution >= 0.6 is 0 Å². The van der Waals surface area contributed by atoms with Crippen molar-refractivity contribution in [2.24, 2.45) is 0 Å². The highest BCUT2D eigenvalue weighted by Gasteiger charge is 2.10. The summed E-state index contributed by atoms with van der Waals surface area (Å²) in [7, 11) is 0.422. The average Bonchev–Trinajstić information content (AvgIpc) is 2.32. The van der Waals surface area contributed by atoms with Gasteiger partial charge in [0.1, 0.15) is 6.40 Å². The zero-order valence-electron chi connectivity index (χ0n) is 9.65. The molecule has 0 fully saturated rings. The third-order valence-electron chi connectivity index (χ3n) is 2.64. The molecule has 0 aromatic heterocycles. The molecule has 3 nitrogen and oxygen atoms in total. The molecule has 0 spiro atoms. The van der Waals surface area contributed by atoms with E-state index in [9.17, 15) is 0 Å². The van der Waals surface area contributed by atoms with E-state index >= 15 is 0 Å². The first-order valence-electron chi connectivity index (χ1n) is 5.53. The molecule has 0 unspecified atom stereocenters. The van der Waals surface area contributed by atoms with Gasteiger partial charge in [-0.2, -0.15) is 0 Å². The van der Waals surface area contributed by atoms with Gasteiger partial charge in [-0.3, -0.25) is 5.41 Å². The lowest BCUT2D eigenvalue weighted by Gasteiger charge is -2.11. The van der Waals surface area contributed by atoms with Crippen molar-refractivity contribution < 1.29 is 9.76 Å². The van der Waals surface area contributed by atoms with Gasteiger partial charge in [-0.1, -0.05) is 29.8 Å². The summed E-state index contributed by atoms with van der Waals surface area (Å²) in [5.74, 6) is 0.114. The molecule has 1 rings (SSSR count). The van der Waals surface area contributed by atoms with Crippen LogP contribution in [0.2, 0.25) is 5.82 Å². The quantitative estimate of drug-likeness (QED) is 0.416. The molecule has 1 aromatic rings. The molecule has 0 bridgehead atoms. The van der Waals surface area contributed by atoms with Crippen LogP contribution in [0.3, 0.4) is 0 Å². The van der Waals surface area contributed by atoms with Crippen molar-refractivity contribution in [3.8, 4) is 0 Å². The fourth-order valence-corrected chi connectivity index (χ4v) is 1.54. The summed E-state index contributed by atoms with van der Waals surface area (Å²) in [5.41, 5.74) is 2.54. The lowest BCUT2D eigenvalue weighted by molar-refractivity contribution is 0.278. The molecule has 0 radical (unpaired) electrons. The zero-order chi connectivity index (χ0) is 11.8. The third kappa shape index (κ3) is 4.49. The summed E-state index contributed by atoms with van der Waals surface area (Å²) in [5, 5.41) is 15.9. The van der Waals surface area contributed by atoms with Gasteiger partial charge in [-0.05, 0) is 31.1 Å². The normalized spacial score (nSPS) is 11.9. The highest BCUT2D eigenvalue weighted by Crippen LogP contribution is 2.14. The highest BCUT2D eigenvalue weighted by atomic mass is 16.4. The van der Waals surface area contributed by atoms with Gasteiger partial charge in [0.25, 0.3) is 0 Å². The van der Waals surface area contributed by atoms with Crippen LogP contribution < -0.4 is 0 Å². The van der Waals surface area contributed by atoms with E-state index in [1.54, 1.807) is 0 Å². The fourth-order valence-electron chi connectivity index (χ4n) is 1.54. The molecule has 0 saturated heterocycles. The minimum Gasteiger partial charge on any atom is -0.557 e. The van der Waals surface area contributed by atoms with E-state index < -0.39 is 0 Å². The highest BCUT2D eigenvalue weighted by molar-refractivity contribution is 6.31. The predicted octanol–water partition coefficient (Wildman–Crippen LogP) is 1.68. The Balaban J connectivity index is 2.36. The van der Waals surface area contributed by atoms with Gasteiger partial charge in [-0.25, -0.2) is 0 Å². The summed E-state index contributed by atoms with van der Waals surface area (Å²) in [6, 6.07) is 8.41. The topological polar surface area (TPSA) is 53.3 Å². The molecule has 86 valence electrons. The Bertz CT molecular complexity index is 313. The van der Waals surface area contributed by atoms with Crippen LogP contribution in [0.1, 0.15) is 17.5 Å². The number of aryl methyl sites for hydroxylation is 2. The van der Waals surface area contributed by atoms with E-state index in [0.717, 1.165) is 19.2 Å². The van der Waals surface area contributed by atoms with Crippen molar-refractivity contribution in [3.63, 3.8) is 0 Å². The molecule has 0 aliphatic rings. The number of nitrogens with one attached hydrogen (secondary N) is 1. The fraction of sp³-hybridized carbons (Fsp3) is 0.417. The number of hydrogen-bond donors (Lipinski definition) is 2. The van der Waals surface area contributed by atoms with Crippen LogP contribution in [0.15, 0.2) is 24.3 Å². The first-order valence-corrected chi connectivity index (χ1v) is 5.53. The predicted molar refractivity (Wildman–Crippen MR) is 67.4 cm³/mol. The van der Waals surface area contributed by atoms with Gasteiger partial charge >= 0.3 is 7.48 Å². The van der Waals surface area contributed by atoms with Gasteiger partial charge < -0.3 is 9.76 Å². The lowest BCUT2D eigenvalue weighted by Crippen LogP contribution is -2.12. The van der Waals surface area contributed by atoms with E-state index in [4.69, 9.17) is 15.2 Å². The minimum absolute atomic E-state index is 0.111. The van der Waals surface area contributed by atoms with E-state index in [1.807, 2.05) is 0 Å². The van der Waals surface area contributed by atoms with Crippen molar-refractivity contribution in [3.05, 3.63) is 35.4 Å². The molecule has 16 heavy (non-hydrogen) atoms. The zero-order valence-corrected chi connectivity index (χ0v) is 9.65. The Kier molecular flexibility index (Phi) is 5.64. The van der Waals surface area contributed by atoms with Gasteiger partial charge in [0.15, 0.2) is 0 Å². The van der Waals surface area contributed by atoms with Crippen LogP contribution in [0.4, 0.5) is 0 Å². The Labute approximate surface area is 97.2 Å². The van der Waals surface area contributed by atoms with E-state index in [2.05, 4.69) is 31.2 Å². The van der Waals surface area contributed by atoms with Gasteiger partial charge in [0, 0.05) is 6.61 Å². The average molecular weight is 219 g/mol. The maximum atomic E-state index is 9.12. The third-order valence-corrected chi connectivity index (χ3v) is 2.64. The van der Waals surface area contributed by atoms with Crippen molar-refractivity contribution in [1.82, 2.24) is 0 Å². The van der Waals surface area contributed by atoms with Crippen LogP contribution in [-0.2, 0) is 11.1 Å². The van der Waals surface area contributed by atoms with E-state index in [1.165, 1.54) is 11.1 Å². The van der Waals surface area contributed by atoms with Crippen molar-refractivity contribution >= 4 is 13.9 Å². The van der Waals surface area contributed by atoms with Gasteiger partial charge in [0.2, 0.25) is 0 Å². The second kappa shape index (κ2) is 7.07. The van der Waals surface area contributed by atoms with Crippen LogP contribution in [0, 0.1) is 12.3 Å². The molecule has 0 aliphatic heterocycles. The number of benzene rings is 1. The van der Waals surface area contributed by atoms with Crippen molar-refractivity contribution in [2.45, 2.75) is 25.6 Å². The van der Waals surface area contributed by atoms with Gasteiger partial charge in [-0.15, -0.1) is 0 Å². The molecule has 2 N–H and O–H groups in total. The number of hydrogen-bond acceptors (Lipinski definition) is 3. The van der Waals surface area contributed by atoms with Crippen LogP contribution in [0.5, 0.6) is 0 Å². The first kappa shape index (κ1) is 12.8. The molecular formula is C12H18BNO2. The summed E-state index contributed by atoms with van der Waals surface area (Å²) >= 11 is 0. The molecule has 0 saturated carbocycles. The largest absolute Gasteiger partial charge is 0.557 e. The summed E-state index contributed by atoms with van der Waals surface area (Å²) in [6.07, 6.45) is 2.74. The Morgan fingerprint density at radius 2 is 2.12 bits per heavy atom.